The maximum Gasteiger partial charge on any atom is 0.435 e. The monoisotopic (exact) mass is 323 g/mol. The van der Waals surface area contributed by atoms with Gasteiger partial charge in [0.05, 0.1) is 5.01 Å². The van der Waals surface area contributed by atoms with Gasteiger partial charge in [0.1, 0.15) is 16.5 Å². The second-order valence-electron chi connectivity index (χ2n) is 4.04. The smallest absolute Gasteiger partial charge is 0.435 e. The van der Waals surface area contributed by atoms with Gasteiger partial charge in [0.15, 0.2) is 5.69 Å². The lowest BCUT2D eigenvalue weighted by Gasteiger charge is -2.02. The van der Waals surface area contributed by atoms with Crippen molar-refractivity contribution in [1.29, 1.82) is 0 Å². The highest BCUT2D eigenvalue weighted by atomic mass is 32.1. The molecule has 0 aliphatic carbocycles. The molecule has 21 heavy (non-hydrogen) atoms. The number of alkyl halides is 3. The first kappa shape index (κ1) is 15.4. The maximum absolute atomic E-state index is 13.0. The standard InChI is InChI=1S/C12H6F5NO2S/c13-6-1-5(2-7(14)4-6)3-8-18-10(12(15,16)17)9(21-8)11(19)20/h1-2,4H,3H2,(H,19,20). The Bertz CT molecular complexity index is 675. The van der Waals surface area contributed by atoms with Gasteiger partial charge in [-0.15, -0.1) is 11.3 Å². The van der Waals surface area contributed by atoms with Gasteiger partial charge in [0.2, 0.25) is 0 Å². The third kappa shape index (κ3) is 3.54. The number of hydrogen-bond acceptors (Lipinski definition) is 3. The second kappa shape index (κ2) is 5.40. The number of carboxylic acids is 1. The number of rotatable bonds is 3. The highest BCUT2D eigenvalue weighted by molar-refractivity contribution is 7.13. The van der Waals surface area contributed by atoms with Crippen LogP contribution in [0.4, 0.5) is 22.0 Å². The lowest BCUT2D eigenvalue weighted by Crippen LogP contribution is -2.11. The van der Waals surface area contributed by atoms with Crippen molar-refractivity contribution in [2.45, 2.75) is 12.6 Å². The van der Waals surface area contributed by atoms with Crippen LogP contribution in [-0.2, 0) is 12.6 Å². The van der Waals surface area contributed by atoms with Crippen LogP contribution < -0.4 is 0 Å². The van der Waals surface area contributed by atoms with Crippen LogP contribution in [-0.4, -0.2) is 16.1 Å². The maximum atomic E-state index is 13.0. The second-order valence-corrected chi connectivity index (χ2v) is 5.13. The van der Waals surface area contributed by atoms with Crippen molar-refractivity contribution >= 4 is 17.3 Å². The zero-order valence-corrected chi connectivity index (χ0v) is 10.9. The van der Waals surface area contributed by atoms with Gasteiger partial charge in [0.25, 0.3) is 0 Å². The Morgan fingerprint density at radius 2 is 1.76 bits per heavy atom. The topological polar surface area (TPSA) is 50.2 Å². The average Bonchev–Trinajstić information content (AvgIpc) is 2.71. The molecule has 0 atom stereocenters. The first-order chi connectivity index (χ1) is 9.66. The van der Waals surface area contributed by atoms with Crippen molar-refractivity contribution in [3.05, 3.63) is 51.0 Å². The molecule has 0 saturated heterocycles. The van der Waals surface area contributed by atoms with Crippen molar-refractivity contribution in [3.8, 4) is 0 Å². The highest BCUT2D eigenvalue weighted by Crippen LogP contribution is 2.35. The number of thiazole rings is 1. The average molecular weight is 323 g/mol. The van der Waals surface area contributed by atoms with E-state index >= 15 is 0 Å². The molecule has 112 valence electrons. The highest BCUT2D eigenvalue weighted by Gasteiger charge is 2.39. The summed E-state index contributed by atoms with van der Waals surface area (Å²) in [5.74, 6) is -3.51. The zero-order chi connectivity index (χ0) is 15.8. The molecule has 0 saturated carbocycles. The number of aromatic carboxylic acids is 1. The van der Waals surface area contributed by atoms with E-state index in [9.17, 15) is 26.7 Å². The Morgan fingerprint density at radius 1 is 1.19 bits per heavy atom. The number of benzene rings is 1. The molecule has 0 fully saturated rings. The van der Waals surface area contributed by atoms with Gasteiger partial charge in [0, 0.05) is 12.5 Å². The van der Waals surface area contributed by atoms with Gasteiger partial charge in [-0.25, -0.2) is 18.6 Å². The quantitative estimate of drug-likeness (QED) is 0.876. The molecular formula is C12H6F5NO2S. The van der Waals surface area contributed by atoms with Crippen LogP contribution in [0.5, 0.6) is 0 Å². The first-order valence-electron chi connectivity index (χ1n) is 5.42. The van der Waals surface area contributed by atoms with Crippen LogP contribution >= 0.6 is 11.3 Å². The molecule has 0 amide bonds. The molecule has 0 aliphatic rings. The number of carboxylic acid groups (broad SMARTS) is 1. The molecule has 0 bridgehead atoms. The van der Waals surface area contributed by atoms with Gasteiger partial charge >= 0.3 is 12.1 Å². The van der Waals surface area contributed by atoms with E-state index in [2.05, 4.69) is 4.98 Å². The van der Waals surface area contributed by atoms with Gasteiger partial charge in [-0.3, -0.25) is 0 Å². The summed E-state index contributed by atoms with van der Waals surface area (Å²) >= 11 is 0.325. The van der Waals surface area contributed by atoms with E-state index in [1.54, 1.807) is 0 Å². The van der Waals surface area contributed by atoms with Gasteiger partial charge in [-0.05, 0) is 17.7 Å². The summed E-state index contributed by atoms with van der Waals surface area (Å²) in [6.07, 6.45) is -5.20. The van der Waals surface area contributed by atoms with Crippen LogP contribution in [0.2, 0.25) is 0 Å². The van der Waals surface area contributed by atoms with Crippen molar-refractivity contribution in [3.63, 3.8) is 0 Å². The minimum absolute atomic E-state index is 0.0620. The van der Waals surface area contributed by atoms with E-state index in [0.717, 1.165) is 12.1 Å². The van der Waals surface area contributed by atoms with Crippen LogP contribution in [0.3, 0.4) is 0 Å². The molecule has 2 aromatic rings. The lowest BCUT2D eigenvalue weighted by atomic mass is 10.1. The Labute approximate surface area is 118 Å². The summed E-state index contributed by atoms with van der Waals surface area (Å²) in [7, 11) is 0. The Morgan fingerprint density at radius 3 is 2.19 bits per heavy atom. The van der Waals surface area contributed by atoms with Crippen molar-refractivity contribution in [2.24, 2.45) is 0 Å². The number of carbonyl (C=O) groups is 1. The molecule has 1 heterocycles. The molecule has 0 radical (unpaired) electrons. The van der Waals surface area contributed by atoms with Crippen molar-refractivity contribution < 1.29 is 31.9 Å². The molecule has 3 nitrogen and oxygen atoms in total. The third-order valence-corrected chi connectivity index (χ3v) is 3.46. The summed E-state index contributed by atoms with van der Waals surface area (Å²) in [6, 6.07) is 2.51. The fourth-order valence-electron chi connectivity index (χ4n) is 1.66. The largest absolute Gasteiger partial charge is 0.477 e. The molecular weight excluding hydrogens is 317 g/mol. The minimum atomic E-state index is -4.91. The van der Waals surface area contributed by atoms with E-state index < -0.39 is 34.4 Å². The van der Waals surface area contributed by atoms with Crippen LogP contribution in [0.25, 0.3) is 0 Å². The van der Waals surface area contributed by atoms with Gasteiger partial charge < -0.3 is 5.11 Å². The Hall–Kier alpha value is -2.03. The molecule has 1 aromatic carbocycles. The number of halogens is 5. The van der Waals surface area contributed by atoms with Crippen LogP contribution in [0.1, 0.15) is 25.9 Å². The van der Waals surface area contributed by atoms with E-state index in [0.29, 0.717) is 17.4 Å². The molecule has 0 spiro atoms. The summed E-state index contributed by atoms with van der Waals surface area (Å²) < 4.78 is 64.0. The number of nitrogens with zero attached hydrogens (tertiary/aromatic N) is 1. The molecule has 0 unspecified atom stereocenters. The van der Waals surface area contributed by atoms with Crippen molar-refractivity contribution in [1.82, 2.24) is 4.98 Å². The number of aromatic nitrogens is 1. The van der Waals surface area contributed by atoms with Gasteiger partial charge in [-0.2, -0.15) is 13.2 Å². The van der Waals surface area contributed by atoms with Crippen molar-refractivity contribution in [2.75, 3.05) is 0 Å². The van der Waals surface area contributed by atoms with E-state index in [-0.39, 0.29) is 17.0 Å². The predicted octanol–water partition coefficient (Wildman–Crippen LogP) is 3.73. The summed E-state index contributed by atoms with van der Waals surface area (Å²) in [5.41, 5.74) is -1.45. The van der Waals surface area contributed by atoms with E-state index in [1.165, 1.54) is 0 Å². The molecule has 2 rings (SSSR count). The fraction of sp³-hybridized carbons (Fsp3) is 0.167. The van der Waals surface area contributed by atoms with Crippen LogP contribution in [0, 0.1) is 11.6 Å². The molecule has 9 heteroatoms. The molecule has 1 N–H and O–H groups in total. The zero-order valence-electron chi connectivity index (χ0n) is 10.0. The summed E-state index contributed by atoms with van der Waals surface area (Å²) in [5, 5.41) is 8.56. The normalized spacial score (nSPS) is 11.7. The first-order valence-corrected chi connectivity index (χ1v) is 6.23. The Balaban J connectivity index is 2.39. The predicted molar refractivity (Wildman–Crippen MR) is 63.2 cm³/mol. The number of hydrogen-bond donors (Lipinski definition) is 1. The lowest BCUT2D eigenvalue weighted by molar-refractivity contribution is -0.141. The van der Waals surface area contributed by atoms with E-state index in [4.69, 9.17) is 5.11 Å². The van der Waals surface area contributed by atoms with E-state index in [1.807, 2.05) is 0 Å². The fourth-order valence-corrected chi connectivity index (χ4v) is 2.62. The third-order valence-electron chi connectivity index (χ3n) is 2.41. The van der Waals surface area contributed by atoms with Crippen LogP contribution in [0.15, 0.2) is 18.2 Å². The van der Waals surface area contributed by atoms with Gasteiger partial charge in [-0.1, -0.05) is 0 Å². The molecule has 1 aromatic heterocycles. The Kier molecular flexibility index (Phi) is 3.95. The molecule has 0 aliphatic heterocycles. The SMILES string of the molecule is O=C(O)c1sc(Cc2cc(F)cc(F)c2)nc1C(F)(F)F. The summed E-state index contributed by atoms with van der Waals surface area (Å²) in [4.78, 5) is 13.1. The minimum Gasteiger partial charge on any atom is -0.477 e. The summed E-state index contributed by atoms with van der Waals surface area (Å²) in [6.45, 7) is 0.